The summed E-state index contributed by atoms with van der Waals surface area (Å²) >= 11 is 0. The number of aliphatic carboxylic acids is 1. The molecule has 2 aromatic rings. The molecule has 0 aliphatic heterocycles. The van der Waals surface area contributed by atoms with Crippen molar-refractivity contribution in [1.29, 1.82) is 0 Å². The lowest BCUT2D eigenvalue weighted by Crippen LogP contribution is -2.36. The molecule has 2 rings (SSSR count). The van der Waals surface area contributed by atoms with Crippen LogP contribution in [0.4, 0.5) is 10.2 Å². The minimum Gasteiger partial charge on any atom is -0.480 e. The van der Waals surface area contributed by atoms with Gasteiger partial charge >= 0.3 is 5.97 Å². The summed E-state index contributed by atoms with van der Waals surface area (Å²) in [6, 6.07) is 3.70. The minimum absolute atomic E-state index is 0.232. The first-order valence-corrected chi connectivity index (χ1v) is 5.37. The number of rotatable bonds is 3. The van der Waals surface area contributed by atoms with Crippen LogP contribution in [0.25, 0.3) is 10.9 Å². The zero-order chi connectivity index (χ0) is 13.3. The predicted octanol–water partition coefficient (Wildman–Crippen LogP) is 1.68. The molecule has 0 saturated heterocycles. The molecule has 0 fully saturated rings. The van der Waals surface area contributed by atoms with Gasteiger partial charge in [0, 0.05) is 7.05 Å². The Labute approximate surface area is 103 Å². The number of nitrogens with zero attached hydrogens (tertiary/aromatic N) is 3. The Balaban J connectivity index is 2.61. The first-order chi connectivity index (χ1) is 8.52. The first kappa shape index (κ1) is 12.2. The van der Waals surface area contributed by atoms with E-state index in [0.717, 1.165) is 0 Å². The Bertz CT molecular complexity index is 598. The summed E-state index contributed by atoms with van der Waals surface area (Å²) in [6.45, 7) is 1.51. The number of carbonyl (C=O) groups is 1. The molecule has 1 unspecified atom stereocenters. The van der Waals surface area contributed by atoms with Crippen molar-refractivity contribution in [2.75, 3.05) is 11.9 Å². The maximum absolute atomic E-state index is 13.8. The van der Waals surface area contributed by atoms with Crippen LogP contribution in [-0.4, -0.2) is 34.1 Å². The topological polar surface area (TPSA) is 66.3 Å². The van der Waals surface area contributed by atoms with E-state index in [1.807, 2.05) is 0 Å². The van der Waals surface area contributed by atoms with Gasteiger partial charge < -0.3 is 10.0 Å². The van der Waals surface area contributed by atoms with Crippen molar-refractivity contribution in [3.8, 4) is 0 Å². The van der Waals surface area contributed by atoms with E-state index in [0.29, 0.717) is 5.52 Å². The molecule has 0 radical (unpaired) electrons. The van der Waals surface area contributed by atoms with Gasteiger partial charge in [-0.25, -0.2) is 19.2 Å². The van der Waals surface area contributed by atoms with Gasteiger partial charge in [0.05, 0.1) is 10.9 Å². The van der Waals surface area contributed by atoms with Crippen molar-refractivity contribution in [2.24, 2.45) is 0 Å². The van der Waals surface area contributed by atoms with E-state index < -0.39 is 17.8 Å². The molecule has 1 atom stereocenters. The quantitative estimate of drug-likeness (QED) is 0.896. The molecule has 6 heteroatoms. The van der Waals surface area contributed by atoms with Crippen molar-refractivity contribution < 1.29 is 14.3 Å². The molecule has 0 saturated carbocycles. The van der Waals surface area contributed by atoms with E-state index in [1.165, 1.54) is 24.2 Å². The van der Waals surface area contributed by atoms with Gasteiger partial charge in [-0.1, -0.05) is 6.07 Å². The van der Waals surface area contributed by atoms with Crippen molar-refractivity contribution in [1.82, 2.24) is 9.97 Å². The van der Waals surface area contributed by atoms with Gasteiger partial charge in [-0.15, -0.1) is 0 Å². The number of carboxylic acids is 1. The van der Waals surface area contributed by atoms with E-state index in [-0.39, 0.29) is 11.2 Å². The standard InChI is InChI=1S/C12H12FN3O2/c1-7(12(17)18)16(2)11-10-8(13)4-3-5-9(10)14-6-15-11/h3-7H,1-2H3,(H,17,18). The van der Waals surface area contributed by atoms with Gasteiger partial charge in [0.2, 0.25) is 0 Å². The molecule has 5 nitrogen and oxygen atoms in total. The van der Waals surface area contributed by atoms with Crippen LogP contribution >= 0.6 is 0 Å². The molecule has 0 spiro atoms. The largest absolute Gasteiger partial charge is 0.480 e. The third kappa shape index (κ3) is 1.97. The fraction of sp³-hybridized carbons (Fsp3) is 0.250. The predicted molar refractivity (Wildman–Crippen MR) is 65.0 cm³/mol. The number of hydrogen-bond acceptors (Lipinski definition) is 4. The average Bonchev–Trinajstić information content (AvgIpc) is 2.36. The van der Waals surface area contributed by atoms with Gasteiger partial charge in [-0.2, -0.15) is 0 Å². The smallest absolute Gasteiger partial charge is 0.326 e. The number of likely N-dealkylation sites (N-methyl/N-ethyl adjacent to an activating group) is 1. The molecule has 0 aliphatic carbocycles. The van der Waals surface area contributed by atoms with Crippen molar-refractivity contribution in [3.05, 3.63) is 30.3 Å². The third-order valence-electron chi connectivity index (χ3n) is 2.86. The van der Waals surface area contributed by atoms with E-state index in [9.17, 15) is 9.18 Å². The highest BCUT2D eigenvalue weighted by atomic mass is 19.1. The summed E-state index contributed by atoms with van der Waals surface area (Å²) in [6.07, 6.45) is 1.29. The number of halogens is 1. The number of carboxylic acid groups (broad SMARTS) is 1. The number of aromatic nitrogens is 2. The molecule has 1 aromatic carbocycles. The minimum atomic E-state index is -0.999. The van der Waals surface area contributed by atoms with Crippen molar-refractivity contribution in [3.63, 3.8) is 0 Å². The Hall–Kier alpha value is -2.24. The zero-order valence-corrected chi connectivity index (χ0v) is 9.96. The number of fused-ring (bicyclic) bond motifs is 1. The fourth-order valence-corrected chi connectivity index (χ4v) is 1.67. The monoisotopic (exact) mass is 249 g/mol. The summed E-state index contributed by atoms with van der Waals surface area (Å²) in [7, 11) is 1.56. The highest BCUT2D eigenvalue weighted by molar-refractivity contribution is 5.91. The molecule has 0 amide bonds. The van der Waals surface area contributed by atoms with Crippen LogP contribution in [0.2, 0.25) is 0 Å². The Morgan fingerprint density at radius 1 is 1.44 bits per heavy atom. The Morgan fingerprint density at radius 3 is 2.83 bits per heavy atom. The molecule has 1 N–H and O–H groups in total. The lowest BCUT2D eigenvalue weighted by Gasteiger charge is -2.23. The van der Waals surface area contributed by atoms with Gasteiger partial charge in [0.15, 0.2) is 0 Å². The van der Waals surface area contributed by atoms with Gasteiger partial charge in [-0.05, 0) is 19.1 Å². The number of anilines is 1. The molecule has 94 valence electrons. The molecular formula is C12H12FN3O2. The van der Waals surface area contributed by atoms with Crippen LogP contribution in [-0.2, 0) is 4.79 Å². The molecule has 0 bridgehead atoms. The molecule has 18 heavy (non-hydrogen) atoms. The van der Waals surface area contributed by atoms with Crippen LogP contribution in [0.1, 0.15) is 6.92 Å². The maximum atomic E-state index is 13.8. The summed E-state index contributed by atoms with van der Waals surface area (Å²) in [4.78, 5) is 20.3. The summed E-state index contributed by atoms with van der Waals surface area (Å²) in [5.41, 5.74) is 0.449. The van der Waals surface area contributed by atoms with Crippen molar-refractivity contribution in [2.45, 2.75) is 13.0 Å². The van der Waals surface area contributed by atoms with Crippen LogP contribution in [0.5, 0.6) is 0 Å². The fourth-order valence-electron chi connectivity index (χ4n) is 1.67. The third-order valence-corrected chi connectivity index (χ3v) is 2.86. The SMILES string of the molecule is CC(C(=O)O)N(C)c1ncnc2cccc(F)c12. The van der Waals surface area contributed by atoms with Crippen LogP contribution in [0.15, 0.2) is 24.5 Å². The molecule has 0 aliphatic rings. The molecule has 1 heterocycles. The van der Waals surface area contributed by atoms with Crippen molar-refractivity contribution >= 4 is 22.7 Å². The second-order valence-corrected chi connectivity index (χ2v) is 3.96. The molecular weight excluding hydrogens is 237 g/mol. The first-order valence-electron chi connectivity index (χ1n) is 5.37. The average molecular weight is 249 g/mol. The Kier molecular flexibility index (Phi) is 3.10. The van der Waals surface area contributed by atoms with Crippen LogP contribution < -0.4 is 4.90 Å². The zero-order valence-electron chi connectivity index (χ0n) is 9.96. The van der Waals surface area contributed by atoms with Crippen LogP contribution in [0.3, 0.4) is 0 Å². The normalized spacial score (nSPS) is 12.4. The summed E-state index contributed by atoms with van der Waals surface area (Å²) in [5, 5.41) is 9.21. The van der Waals surface area contributed by atoms with Gasteiger partial charge in [-0.3, -0.25) is 0 Å². The van der Waals surface area contributed by atoms with Gasteiger partial charge in [0.1, 0.15) is 24.0 Å². The highest BCUT2D eigenvalue weighted by Gasteiger charge is 2.21. The van der Waals surface area contributed by atoms with E-state index in [2.05, 4.69) is 9.97 Å². The van der Waals surface area contributed by atoms with E-state index in [4.69, 9.17) is 5.11 Å². The highest BCUT2D eigenvalue weighted by Crippen LogP contribution is 2.25. The number of benzene rings is 1. The summed E-state index contributed by atoms with van der Waals surface area (Å²) in [5.74, 6) is -1.19. The lowest BCUT2D eigenvalue weighted by molar-refractivity contribution is -0.138. The maximum Gasteiger partial charge on any atom is 0.326 e. The molecule has 1 aromatic heterocycles. The van der Waals surface area contributed by atoms with E-state index in [1.54, 1.807) is 19.2 Å². The van der Waals surface area contributed by atoms with Crippen LogP contribution in [0, 0.1) is 5.82 Å². The van der Waals surface area contributed by atoms with E-state index >= 15 is 0 Å². The second kappa shape index (κ2) is 4.56. The number of hydrogen-bond donors (Lipinski definition) is 1. The second-order valence-electron chi connectivity index (χ2n) is 3.96. The van der Waals surface area contributed by atoms with Gasteiger partial charge in [0.25, 0.3) is 0 Å². The summed E-state index contributed by atoms with van der Waals surface area (Å²) < 4.78 is 13.8. The lowest BCUT2D eigenvalue weighted by atomic mass is 10.2. The Morgan fingerprint density at radius 2 is 2.17 bits per heavy atom.